The van der Waals surface area contributed by atoms with Gasteiger partial charge in [0.25, 0.3) is 0 Å². The van der Waals surface area contributed by atoms with Crippen molar-refractivity contribution in [3.63, 3.8) is 0 Å². The number of ether oxygens (including phenoxy) is 1. The zero-order valence-electron chi connectivity index (χ0n) is 14.8. The van der Waals surface area contributed by atoms with Gasteiger partial charge in [0.1, 0.15) is 5.82 Å². The number of nitrogens with two attached hydrogens (primary N) is 1. The molecule has 2 aliphatic heterocycles. The van der Waals surface area contributed by atoms with E-state index in [0.29, 0.717) is 26.1 Å². The normalized spacial score (nSPS) is 20.5. The molecule has 0 unspecified atom stereocenters. The summed E-state index contributed by atoms with van der Waals surface area (Å²) in [7, 11) is 0. The molecule has 26 heavy (non-hydrogen) atoms. The molecular formula is C18H28Cl2FN3O2. The highest BCUT2D eigenvalue weighted by Crippen LogP contribution is 2.20. The second-order valence-electron chi connectivity index (χ2n) is 6.92. The number of amides is 1. The van der Waals surface area contributed by atoms with Gasteiger partial charge in [0.2, 0.25) is 5.91 Å². The van der Waals surface area contributed by atoms with E-state index in [1.54, 1.807) is 0 Å². The molecule has 8 heteroatoms. The molecule has 0 radical (unpaired) electrons. The van der Waals surface area contributed by atoms with Crippen LogP contribution in [0.15, 0.2) is 24.3 Å². The molecule has 148 valence electrons. The lowest BCUT2D eigenvalue weighted by atomic mass is 9.89. The fourth-order valence-corrected chi connectivity index (χ4v) is 3.38. The SMILES string of the molecule is Cl.Cl.NC1(C(=O)NC2CCN(Cc3ccc(F)cc3)CC2)CCOCC1. The molecular weight excluding hydrogens is 380 g/mol. The number of hydrogen-bond donors (Lipinski definition) is 2. The van der Waals surface area contributed by atoms with Crippen LogP contribution in [0.3, 0.4) is 0 Å². The zero-order valence-corrected chi connectivity index (χ0v) is 16.4. The van der Waals surface area contributed by atoms with Crippen molar-refractivity contribution >= 4 is 30.7 Å². The molecule has 0 aliphatic carbocycles. The van der Waals surface area contributed by atoms with E-state index in [2.05, 4.69) is 10.2 Å². The standard InChI is InChI=1S/C18H26FN3O2.2ClH/c19-15-3-1-14(2-4-15)13-22-9-5-16(6-10-22)21-17(23)18(20)7-11-24-12-8-18;;/h1-4,16H,5-13,20H2,(H,21,23);2*1H. The minimum Gasteiger partial charge on any atom is -0.381 e. The summed E-state index contributed by atoms with van der Waals surface area (Å²) in [6.07, 6.45) is 3.00. The molecule has 2 heterocycles. The summed E-state index contributed by atoms with van der Waals surface area (Å²) in [6, 6.07) is 6.83. The number of hydrogen-bond acceptors (Lipinski definition) is 4. The molecule has 3 N–H and O–H groups in total. The minimum atomic E-state index is -0.774. The van der Waals surface area contributed by atoms with Crippen LogP contribution in [0.4, 0.5) is 4.39 Å². The van der Waals surface area contributed by atoms with Crippen LogP contribution in [0.2, 0.25) is 0 Å². The lowest BCUT2D eigenvalue weighted by Gasteiger charge is -2.36. The molecule has 0 atom stereocenters. The fourth-order valence-electron chi connectivity index (χ4n) is 3.38. The Morgan fingerprint density at radius 3 is 2.35 bits per heavy atom. The monoisotopic (exact) mass is 407 g/mol. The molecule has 3 rings (SSSR count). The number of halogens is 3. The Hall–Kier alpha value is -0.920. The van der Waals surface area contributed by atoms with Crippen LogP contribution in [0.5, 0.6) is 0 Å². The lowest BCUT2D eigenvalue weighted by Crippen LogP contribution is -2.59. The van der Waals surface area contributed by atoms with Crippen molar-refractivity contribution in [3.05, 3.63) is 35.6 Å². The minimum absolute atomic E-state index is 0. The van der Waals surface area contributed by atoms with Crippen LogP contribution in [0.1, 0.15) is 31.2 Å². The van der Waals surface area contributed by atoms with Crippen LogP contribution in [-0.4, -0.2) is 48.7 Å². The van der Waals surface area contributed by atoms with E-state index in [1.165, 1.54) is 12.1 Å². The highest BCUT2D eigenvalue weighted by Gasteiger charge is 2.37. The predicted molar refractivity (Wildman–Crippen MR) is 104 cm³/mol. The van der Waals surface area contributed by atoms with Gasteiger partial charge < -0.3 is 15.8 Å². The molecule has 1 amide bonds. The molecule has 2 saturated heterocycles. The summed E-state index contributed by atoms with van der Waals surface area (Å²) in [4.78, 5) is 14.8. The third-order valence-electron chi connectivity index (χ3n) is 5.08. The van der Waals surface area contributed by atoms with Gasteiger partial charge in [-0.2, -0.15) is 0 Å². The van der Waals surface area contributed by atoms with E-state index < -0.39 is 5.54 Å². The van der Waals surface area contributed by atoms with E-state index in [-0.39, 0.29) is 42.6 Å². The Bertz CT molecular complexity index is 560. The number of carbonyl (C=O) groups is 1. The molecule has 0 spiro atoms. The van der Waals surface area contributed by atoms with Crippen LogP contribution >= 0.6 is 24.8 Å². The molecule has 1 aromatic carbocycles. The van der Waals surface area contributed by atoms with Crippen molar-refractivity contribution in [2.24, 2.45) is 5.73 Å². The van der Waals surface area contributed by atoms with Gasteiger partial charge in [0.05, 0.1) is 5.54 Å². The van der Waals surface area contributed by atoms with Gasteiger partial charge in [-0.05, 0) is 43.4 Å². The second kappa shape index (κ2) is 10.4. The molecule has 5 nitrogen and oxygen atoms in total. The van der Waals surface area contributed by atoms with Gasteiger partial charge in [-0.1, -0.05) is 12.1 Å². The van der Waals surface area contributed by atoms with Crippen molar-refractivity contribution in [3.8, 4) is 0 Å². The van der Waals surface area contributed by atoms with Gasteiger partial charge in [0, 0.05) is 38.9 Å². The molecule has 2 fully saturated rings. The van der Waals surface area contributed by atoms with E-state index >= 15 is 0 Å². The topological polar surface area (TPSA) is 67.6 Å². The molecule has 0 bridgehead atoms. The third-order valence-corrected chi connectivity index (χ3v) is 5.08. The first-order valence-electron chi connectivity index (χ1n) is 8.70. The number of likely N-dealkylation sites (tertiary alicyclic amines) is 1. The first-order chi connectivity index (χ1) is 11.5. The van der Waals surface area contributed by atoms with Gasteiger partial charge in [-0.15, -0.1) is 24.8 Å². The van der Waals surface area contributed by atoms with Crippen molar-refractivity contribution in [1.82, 2.24) is 10.2 Å². The quantitative estimate of drug-likeness (QED) is 0.802. The summed E-state index contributed by atoms with van der Waals surface area (Å²) in [5.74, 6) is -0.244. The maximum atomic E-state index is 13.0. The predicted octanol–water partition coefficient (Wildman–Crippen LogP) is 2.26. The molecule has 2 aliphatic rings. The summed E-state index contributed by atoms with van der Waals surface area (Å²) < 4.78 is 18.2. The lowest BCUT2D eigenvalue weighted by molar-refractivity contribution is -0.130. The van der Waals surface area contributed by atoms with Crippen LogP contribution in [-0.2, 0) is 16.1 Å². The van der Waals surface area contributed by atoms with E-state index in [1.807, 2.05) is 12.1 Å². The summed E-state index contributed by atoms with van der Waals surface area (Å²) >= 11 is 0. The Morgan fingerprint density at radius 1 is 1.19 bits per heavy atom. The maximum Gasteiger partial charge on any atom is 0.240 e. The number of nitrogens with zero attached hydrogens (tertiary/aromatic N) is 1. The average Bonchev–Trinajstić information content (AvgIpc) is 2.59. The number of nitrogens with one attached hydrogen (secondary N) is 1. The molecule has 0 aromatic heterocycles. The smallest absolute Gasteiger partial charge is 0.240 e. The van der Waals surface area contributed by atoms with E-state index in [9.17, 15) is 9.18 Å². The van der Waals surface area contributed by atoms with Crippen LogP contribution in [0.25, 0.3) is 0 Å². The van der Waals surface area contributed by atoms with Crippen molar-refractivity contribution in [1.29, 1.82) is 0 Å². The Morgan fingerprint density at radius 2 is 1.77 bits per heavy atom. The van der Waals surface area contributed by atoms with Crippen molar-refractivity contribution in [2.75, 3.05) is 26.3 Å². The number of piperidine rings is 1. The number of rotatable bonds is 4. The van der Waals surface area contributed by atoms with Crippen LogP contribution < -0.4 is 11.1 Å². The van der Waals surface area contributed by atoms with Crippen molar-refractivity contribution < 1.29 is 13.9 Å². The highest BCUT2D eigenvalue weighted by atomic mass is 35.5. The average molecular weight is 408 g/mol. The van der Waals surface area contributed by atoms with E-state index in [4.69, 9.17) is 10.5 Å². The summed E-state index contributed by atoms with van der Waals surface area (Å²) in [6.45, 7) is 3.77. The fraction of sp³-hybridized carbons (Fsp3) is 0.611. The summed E-state index contributed by atoms with van der Waals surface area (Å²) in [5, 5.41) is 3.13. The zero-order chi connectivity index (χ0) is 17.0. The van der Waals surface area contributed by atoms with Gasteiger partial charge in [-0.3, -0.25) is 9.69 Å². The largest absolute Gasteiger partial charge is 0.381 e. The van der Waals surface area contributed by atoms with Crippen molar-refractivity contribution in [2.45, 2.75) is 43.8 Å². The van der Waals surface area contributed by atoms with Gasteiger partial charge >= 0.3 is 0 Å². The Kier molecular flexibility index (Phi) is 9.27. The molecule has 1 aromatic rings. The molecule has 0 saturated carbocycles. The second-order valence-corrected chi connectivity index (χ2v) is 6.92. The summed E-state index contributed by atoms with van der Waals surface area (Å²) in [5.41, 5.74) is 6.57. The first-order valence-corrected chi connectivity index (χ1v) is 8.70. The highest BCUT2D eigenvalue weighted by molar-refractivity contribution is 5.86. The maximum absolute atomic E-state index is 13.0. The first kappa shape index (κ1) is 23.1. The Balaban J connectivity index is 0.00000169. The number of benzene rings is 1. The van der Waals surface area contributed by atoms with Gasteiger partial charge in [0.15, 0.2) is 0 Å². The van der Waals surface area contributed by atoms with Gasteiger partial charge in [-0.25, -0.2) is 4.39 Å². The van der Waals surface area contributed by atoms with E-state index in [0.717, 1.165) is 38.0 Å². The number of carbonyl (C=O) groups excluding carboxylic acids is 1. The third kappa shape index (κ3) is 6.06. The Labute approximate surface area is 166 Å². The van der Waals surface area contributed by atoms with Crippen LogP contribution in [0, 0.1) is 5.82 Å².